The van der Waals surface area contributed by atoms with E-state index >= 15 is 0 Å². The topological polar surface area (TPSA) is 59.0 Å². The Morgan fingerprint density at radius 2 is 2.10 bits per heavy atom. The van der Waals surface area contributed by atoms with Crippen molar-refractivity contribution in [3.8, 4) is 11.5 Å². The molecule has 0 amide bonds. The largest absolute Gasteiger partial charge is 0.493 e. The molecule has 0 unspecified atom stereocenters. The number of benzene rings is 1. The van der Waals surface area contributed by atoms with Crippen molar-refractivity contribution in [1.29, 1.82) is 0 Å². The zero-order chi connectivity index (χ0) is 15.0. The second-order valence-electron chi connectivity index (χ2n) is 6.18. The molecule has 3 rings (SSSR count). The molecular formula is C16H21NO4. The lowest BCUT2D eigenvalue weighted by Crippen LogP contribution is -2.51. The number of ether oxygens (including phenoxy) is 2. The molecule has 2 aliphatic rings. The number of aliphatic carboxylic acids is 1. The van der Waals surface area contributed by atoms with Gasteiger partial charge < -0.3 is 14.6 Å². The summed E-state index contributed by atoms with van der Waals surface area (Å²) in [5, 5.41) is 9.05. The van der Waals surface area contributed by atoms with Crippen LogP contribution in [0.4, 0.5) is 0 Å². The van der Waals surface area contributed by atoms with Gasteiger partial charge in [0, 0.05) is 18.5 Å². The van der Waals surface area contributed by atoms with Gasteiger partial charge in [0.1, 0.15) is 6.10 Å². The summed E-state index contributed by atoms with van der Waals surface area (Å²) >= 11 is 0. The smallest absolute Gasteiger partial charge is 0.304 e. The Kier molecular flexibility index (Phi) is 3.53. The van der Waals surface area contributed by atoms with E-state index < -0.39 is 5.97 Å². The Bertz CT molecular complexity index is 547. The Balaban J connectivity index is 1.77. The summed E-state index contributed by atoms with van der Waals surface area (Å²) in [6.07, 6.45) is 2.25. The maximum Gasteiger partial charge on any atom is 0.304 e. The molecule has 1 saturated carbocycles. The summed E-state index contributed by atoms with van der Waals surface area (Å²) in [6, 6.07) is 5.83. The van der Waals surface area contributed by atoms with Gasteiger partial charge in [0.2, 0.25) is 0 Å². The van der Waals surface area contributed by atoms with Crippen molar-refractivity contribution in [2.24, 2.45) is 0 Å². The fourth-order valence-electron chi connectivity index (χ4n) is 3.00. The molecule has 21 heavy (non-hydrogen) atoms. The van der Waals surface area contributed by atoms with Crippen molar-refractivity contribution in [2.75, 3.05) is 27.2 Å². The van der Waals surface area contributed by atoms with Crippen LogP contribution in [0.3, 0.4) is 0 Å². The average Bonchev–Trinajstić information content (AvgIpc) is 3.17. The molecule has 0 radical (unpaired) electrons. The first-order valence-electron chi connectivity index (χ1n) is 7.28. The lowest BCUT2D eigenvalue weighted by Gasteiger charge is -2.36. The van der Waals surface area contributed by atoms with Gasteiger partial charge in [0.05, 0.1) is 13.5 Å². The zero-order valence-electron chi connectivity index (χ0n) is 12.5. The van der Waals surface area contributed by atoms with Crippen molar-refractivity contribution in [3.63, 3.8) is 0 Å². The zero-order valence-corrected chi connectivity index (χ0v) is 12.5. The van der Waals surface area contributed by atoms with Crippen molar-refractivity contribution in [1.82, 2.24) is 4.90 Å². The van der Waals surface area contributed by atoms with Gasteiger partial charge in [-0.2, -0.15) is 0 Å². The summed E-state index contributed by atoms with van der Waals surface area (Å²) in [5.74, 6) is 0.688. The van der Waals surface area contributed by atoms with E-state index in [2.05, 4.69) is 11.9 Å². The predicted molar refractivity (Wildman–Crippen MR) is 78.1 cm³/mol. The summed E-state index contributed by atoms with van der Waals surface area (Å²) in [4.78, 5) is 13.2. The number of carboxylic acids is 1. The molecule has 2 fully saturated rings. The maximum atomic E-state index is 11.0. The maximum absolute atomic E-state index is 11.0. The molecule has 1 heterocycles. The number of carboxylic acid groups (broad SMARTS) is 1. The number of rotatable bonds is 6. The van der Waals surface area contributed by atoms with Gasteiger partial charge in [-0.25, -0.2) is 0 Å². The highest BCUT2D eigenvalue weighted by atomic mass is 16.5. The van der Waals surface area contributed by atoms with E-state index in [9.17, 15) is 4.79 Å². The number of methoxy groups -OCH3 is 1. The normalized spacial score (nSPS) is 20.7. The summed E-state index contributed by atoms with van der Waals surface area (Å²) in [7, 11) is 3.68. The van der Waals surface area contributed by atoms with Crippen LogP contribution >= 0.6 is 0 Å². The fourth-order valence-corrected chi connectivity index (χ4v) is 3.00. The van der Waals surface area contributed by atoms with Crippen LogP contribution in [0.5, 0.6) is 11.5 Å². The molecule has 114 valence electrons. The van der Waals surface area contributed by atoms with Gasteiger partial charge in [-0.3, -0.25) is 9.69 Å². The average molecular weight is 291 g/mol. The van der Waals surface area contributed by atoms with E-state index in [1.165, 1.54) is 0 Å². The summed E-state index contributed by atoms with van der Waals surface area (Å²) < 4.78 is 11.4. The quantitative estimate of drug-likeness (QED) is 0.867. The van der Waals surface area contributed by atoms with E-state index in [-0.39, 0.29) is 17.9 Å². The minimum Gasteiger partial charge on any atom is -0.493 e. The number of hydrogen-bond acceptors (Lipinski definition) is 4. The molecule has 0 bridgehead atoms. The highest BCUT2D eigenvalue weighted by molar-refractivity contribution is 5.70. The van der Waals surface area contributed by atoms with Gasteiger partial charge in [-0.15, -0.1) is 0 Å². The van der Waals surface area contributed by atoms with Gasteiger partial charge in [-0.05, 0) is 37.6 Å². The molecular weight excluding hydrogens is 270 g/mol. The van der Waals surface area contributed by atoms with Crippen LogP contribution in [0.15, 0.2) is 18.2 Å². The van der Waals surface area contributed by atoms with Crippen LogP contribution in [0, 0.1) is 0 Å². The van der Waals surface area contributed by atoms with Crippen molar-refractivity contribution in [3.05, 3.63) is 23.8 Å². The van der Waals surface area contributed by atoms with Crippen LogP contribution in [0.1, 0.15) is 24.8 Å². The van der Waals surface area contributed by atoms with Crippen LogP contribution in [0.25, 0.3) is 0 Å². The number of likely N-dealkylation sites (tertiary alicyclic amines) is 1. The third kappa shape index (κ3) is 2.83. The van der Waals surface area contributed by atoms with Crippen LogP contribution in [-0.2, 0) is 10.2 Å². The SMILES string of the molecule is COc1cc(C2(CC(=O)O)CC2)ccc1OC1CN(C)C1. The number of nitrogens with zero attached hydrogens (tertiary/aromatic N) is 1. The van der Waals surface area contributed by atoms with E-state index in [0.717, 1.165) is 37.2 Å². The first-order chi connectivity index (χ1) is 10.0. The second kappa shape index (κ2) is 5.22. The van der Waals surface area contributed by atoms with Crippen molar-refractivity contribution >= 4 is 5.97 Å². The van der Waals surface area contributed by atoms with Crippen LogP contribution in [-0.4, -0.2) is 49.3 Å². The van der Waals surface area contributed by atoms with E-state index in [1.807, 2.05) is 18.2 Å². The molecule has 1 aliphatic carbocycles. The molecule has 1 N–H and O–H groups in total. The second-order valence-corrected chi connectivity index (χ2v) is 6.18. The first-order valence-corrected chi connectivity index (χ1v) is 7.28. The van der Waals surface area contributed by atoms with Crippen molar-refractivity contribution < 1.29 is 19.4 Å². The van der Waals surface area contributed by atoms with Gasteiger partial charge in [0.25, 0.3) is 0 Å². The molecule has 1 aromatic carbocycles. The van der Waals surface area contributed by atoms with E-state index in [4.69, 9.17) is 14.6 Å². The highest BCUT2D eigenvalue weighted by Crippen LogP contribution is 2.52. The Morgan fingerprint density at radius 3 is 2.62 bits per heavy atom. The van der Waals surface area contributed by atoms with Gasteiger partial charge >= 0.3 is 5.97 Å². The molecule has 5 nitrogen and oxygen atoms in total. The Labute approximate surface area is 124 Å². The summed E-state index contributed by atoms with van der Waals surface area (Å²) in [5.41, 5.74) is 0.841. The number of carbonyl (C=O) groups is 1. The molecule has 5 heteroatoms. The molecule has 0 aromatic heterocycles. The number of likely N-dealkylation sites (N-methyl/N-ethyl adjacent to an activating group) is 1. The predicted octanol–water partition coefficient (Wildman–Crippen LogP) is 1.89. The first kappa shape index (κ1) is 14.2. The monoisotopic (exact) mass is 291 g/mol. The molecule has 1 saturated heterocycles. The van der Waals surface area contributed by atoms with E-state index in [0.29, 0.717) is 5.75 Å². The lowest BCUT2D eigenvalue weighted by atomic mass is 9.92. The molecule has 0 spiro atoms. The van der Waals surface area contributed by atoms with Crippen molar-refractivity contribution in [2.45, 2.75) is 30.8 Å². The highest BCUT2D eigenvalue weighted by Gasteiger charge is 2.46. The molecule has 1 aliphatic heterocycles. The third-order valence-corrected chi connectivity index (χ3v) is 4.44. The van der Waals surface area contributed by atoms with Gasteiger partial charge in [0.15, 0.2) is 11.5 Å². The Morgan fingerprint density at radius 1 is 1.38 bits per heavy atom. The molecule has 1 aromatic rings. The van der Waals surface area contributed by atoms with E-state index in [1.54, 1.807) is 7.11 Å². The van der Waals surface area contributed by atoms with Crippen LogP contribution in [0.2, 0.25) is 0 Å². The fraction of sp³-hybridized carbons (Fsp3) is 0.562. The standard InChI is InChI=1S/C16H21NO4/c1-17-9-12(10-17)21-13-4-3-11(7-14(13)20-2)16(5-6-16)8-15(18)19/h3-4,7,12H,5-6,8-10H2,1-2H3,(H,18,19). The minimum absolute atomic E-state index is 0.184. The van der Waals surface area contributed by atoms with Crippen LogP contribution < -0.4 is 9.47 Å². The molecule has 0 atom stereocenters. The lowest BCUT2D eigenvalue weighted by molar-refractivity contribution is -0.137. The Hall–Kier alpha value is -1.75. The summed E-state index contributed by atoms with van der Waals surface area (Å²) in [6.45, 7) is 1.85. The minimum atomic E-state index is -0.746. The van der Waals surface area contributed by atoms with Gasteiger partial charge in [-0.1, -0.05) is 6.07 Å². The number of hydrogen-bond donors (Lipinski definition) is 1. The third-order valence-electron chi connectivity index (χ3n) is 4.44.